The normalized spacial score (nSPS) is 16.5. The molecule has 9 heteroatoms. The van der Waals surface area contributed by atoms with Crippen molar-refractivity contribution in [1.82, 2.24) is 9.97 Å². The van der Waals surface area contributed by atoms with Gasteiger partial charge >= 0.3 is 0 Å². The molecule has 0 atom stereocenters. The highest BCUT2D eigenvalue weighted by Gasteiger charge is 2.22. The lowest BCUT2D eigenvalue weighted by Crippen LogP contribution is -2.36. The highest BCUT2D eigenvalue weighted by atomic mass is 32.1. The fraction of sp³-hybridized carbons (Fsp3) is 0.370. The van der Waals surface area contributed by atoms with E-state index < -0.39 is 0 Å². The molecule has 2 fully saturated rings. The smallest absolute Gasteiger partial charge is 0.291 e. The van der Waals surface area contributed by atoms with Crippen molar-refractivity contribution in [3.05, 3.63) is 54.0 Å². The highest BCUT2D eigenvalue weighted by Crippen LogP contribution is 2.38. The van der Waals surface area contributed by atoms with Gasteiger partial charge in [-0.3, -0.25) is 9.78 Å². The van der Waals surface area contributed by atoms with Crippen LogP contribution in [0, 0.1) is 6.92 Å². The third kappa shape index (κ3) is 4.68. The average Bonchev–Trinajstić information content (AvgIpc) is 3.57. The minimum Gasteiger partial charge on any atom is -0.451 e. The molecule has 0 spiro atoms. The number of carbonyl (C=O) groups excluding carboxylic acids is 1. The number of furan rings is 1. The summed E-state index contributed by atoms with van der Waals surface area (Å²) < 4.78 is 12.5. The molecule has 3 aromatic heterocycles. The molecule has 186 valence electrons. The van der Waals surface area contributed by atoms with Crippen LogP contribution in [0.4, 0.5) is 16.5 Å². The fourth-order valence-corrected chi connectivity index (χ4v) is 5.87. The van der Waals surface area contributed by atoms with E-state index in [0.717, 1.165) is 90.2 Å². The number of ether oxygens (including phenoxy) is 1. The Morgan fingerprint density at radius 1 is 1.00 bits per heavy atom. The van der Waals surface area contributed by atoms with Crippen molar-refractivity contribution in [3.63, 3.8) is 0 Å². The van der Waals surface area contributed by atoms with Crippen LogP contribution in [-0.2, 0) is 4.74 Å². The fourth-order valence-electron chi connectivity index (χ4n) is 4.83. The number of hydrogen-bond acceptors (Lipinski definition) is 8. The number of pyridine rings is 1. The minimum atomic E-state index is -0.262. The Labute approximate surface area is 213 Å². The Balaban J connectivity index is 1.31. The van der Waals surface area contributed by atoms with Crippen molar-refractivity contribution < 1.29 is 13.9 Å². The highest BCUT2D eigenvalue weighted by molar-refractivity contribution is 7.22. The van der Waals surface area contributed by atoms with Gasteiger partial charge in [0.15, 0.2) is 10.9 Å². The van der Waals surface area contributed by atoms with Gasteiger partial charge in [-0.1, -0.05) is 11.3 Å². The predicted octanol–water partition coefficient (Wildman–Crippen LogP) is 5.34. The van der Waals surface area contributed by atoms with Gasteiger partial charge in [0.25, 0.3) is 5.91 Å². The van der Waals surface area contributed by atoms with Gasteiger partial charge < -0.3 is 24.3 Å². The number of aryl methyl sites for hydroxylation is 1. The number of nitrogens with zero attached hydrogens (tertiary/aromatic N) is 4. The molecule has 1 aromatic carbocycles. The van der Waals surface area contributed by atoms with Gasteiger partial charge in [0.1, 0.15) is 5.76 Å². The molecule has 2 aliphatic heterocycles. The Kier molecular flexibility index (Phi) is 6.33. The maximum atomic E-state index is 13.3. The van der Waals surface area contributed by atoms with E-state index in [1.54, 1.807) is 23.6 Å². The van der Waals surface area contributed by atoms with Crippen LogP contribution in [-0.4, -0.2) is 55.3 Å². The molecule has 1 N–H and O–H groups in total. The van der Waals surface area contributed by atoms with E-state index in [0.29, 0.717) is 5.76 Å². The molecule has 5 heterocycles. The molecular weight excluding hydrogens is 474 g/mol. The van der Waals surface area contributed by atoms with Crippen LogP contribution >= 0.6 is 11.3 Å². The molecule has 0 aliphatic carbocycles. The van der Waals surface area contributed by atoms with Gasteiger partial charge in [-0.05, 0) is 62.6 Å². The molecule has 0 bridgehead atoms. The Morgan fingerprint density at radius 3 is 2.64 bits per heavy atom. The van der Waals surface area contributed by atoms with Gasteiger partial charge in [0, 0.05) is 43.6 Å². The summed E-state index contributed by atoms with van der Waals surface area (Å²) in [7, 11) is 0. The summed E-state index contributed by atoms with van der Waals surface area (Å²) in [4.78, 5) is 27.1. The van der Waals surface area contributed by atoms with Crippen molar-refractivity contribution >= 4 is 44.0 Å². The molecule has 1 amide bonds. The first-order valence-corrected chi connectivity index (χ1v) is 13.3. The zero-order valence-electron chi connectivity index (χ0n) is 20.3. The summed E-state index contributed by atoms with van der Waals surface area (Å²) in [5, 5.41) is 4.14. The number of morpholine rings is 1. The molecule has 2 aliphatic rings. The van der Waals surface area contributed by atoms with Crippen molar-refractivity contribution in [2.24, 2.45) is 0 Å². The second kappa shape index (κ2) is 9.91. The SMILES string of the molecule is Cc1cc(-c2ccc(C(=O)Nc3cc4sc(N5CCOCC5)nc4cc3N3CCCCC3)o2)ccn1. The predicted molar refractivity (Wildman–Crippen MR) is 143 cm³/mol. The summed E-state index contributed by atoms with van der Waals surface area (Å²) in [6.07, 6.45) is 5.28. The Morgan fingerprint density at radius 2 is 1.83 bits per heavy atom. The molecule has 6 rings (SSSR count). The number of piperidine rings is 1. The average molecular weight is 504 g/mol. The Bertz CT molecular complexity index is 1390. The lowest BCUT2D eigenvalue weighted by atomic mass is 10.1. The number of thiazole rings is 1. The molecule has 8 nitrogen and oxygen atoms in total. The van der Waals surface area contributed by atoms with E-state index in [-0.39, 0.29) is 11.7 Å². The van der Waals surface area contributed by atoms with E-state index in [9.17, 15) is 4.79 Å². The van der Waals surface area contributed by atoms with Crippen molar-refractivity contribution in [3.8, 4) is 11.3 Å². The van der Waals surface area contributed by atoms with E-state index in [4.69, 9.17) is 14.1 Å². The summed E-state index contributed by atoms with van der Waals surface area (Å²) in [5.41, 5.74) is 4.58. The second-order valence-corrected chi connectivity index (χ2v) is 10.3. The zero-order chi connectivity index (χ0) is 24.5. The molecule has 0 unspecified atom stereocenters. The number of rotatable bonds is 5. The van der Waals surface area contributed by atoms with Gasteiger partial charge in [0.05, 0.1) is 34.8 Å². The molecule has 4 aromatic rings. The van der Waals surface area contributed by atoms with Gasteiger partial charge in [-0.2, -0.15) is 0 Å². The van der Waals surface area contributed by atoms with Crippen LogP contribution in [0.3, 0.4) is 0 Å². The molecular formula is C27H29N5O3S. The third-order valence-electron chi connectivity index (χ3n) is 6.73. The summed E-state index contributed by atoms with van der Waals surface area (Å²) >= 11 is 1.66. The second-order valence-electron chi connectivity index (χ2n) is 9.28. The van der Waals surface area contributed by atoms with Gasteiger partial charge in [-0.15, -0.1) is 0 Å². The molecule has 36 heavy (non-hydrogen) atoms. The van der Waals surface area contributed by atoms with E-state index in [2.05, 4.69) is 32.2 Å². The van der Waals surface area contributed by atoms with Crippen molar-refractivity contribution in [2.75, 3.05) is 54.5 Å². The number of nitrogens with one attached hydrogen (secondary N) is 1. The van der Waals surface area contributed by atoms with Crippen LogP contribution in [0.1, 0.15) is 35.5 Å². The van der Waals surface area contributed by atoms with Crippen molar-refractivity contribution in [2.45, 2.75) is 26.2 Å². The largest absolute Gasteiger partial charge is 0.451 e. The number of aromatic nitrogens is 2. The van der Waals surface area contributed by atoms with Crippen LogP contribution < -0.4 is 15.1 Å². The minimum absolute atomic E-state index is 0.262. The maximum Gasteiger partial charge on any atom is 0.291 e. The third-order valence-corrected chi connectivity index (χ3v) is 7.81. The van der Waals surface area contributed by atoms with Crippen molar-refractivity contribution in [1.29, 1.82) is 0 Å². The van der Waals surface area contributed by atoms with Crippen LogP contribution in [0.25, 0.3) is 21.5 Å². The molecule has 2 saturated heterocycles. The van der Waals surface area contributed by atoms with Crippen LogP contribution in [0.2, 0.25) is 0 Å². The number of hydrogen-bond donors (Lipinski definition) is 1. The lowest BCUT2D eigenvalue weighted by molar-refractivity contribution is 0.0997. The zero-order valence-corrected chi connectivity index (χ0v) is 21.1. The summed E-state index contributed by atoms with van der Waals surface area (Å²) in [6, 6.07) is 11.6. The van der Waals surface area contributed by atoms with Gasteiger partial charge in [0.2, 0.25) is 0 Å². The number of carbonyl (C=O) groups is 1. The van der Waals surface area contributed by atoms with E-state index in [1.165, 1.54) is 6.42 Å². The number of anilines is 3. The quantitative estimate of drug-likeness (QED) is 0.394. The Hall–Kier alpha value is -3.43. The monoisotopic (exact) mass is 503 g/mol. The maximum absolute atomic E-state index is 13.3. The van der Waals surface area contributed by atoms with Crippen LogP contribution in [0.5, 0.6) is 0 Å². The van der Waals surface area contributed by atoms with E-state index >= 15 is 0 Å². The number of benzene rings is 1. The number of amides is 1. The topological polar surface area (TPSA) is 83.7 Å². The number of fused-ring (bicyclic) bond motifs is 1. The lowest BCUT2D eigenvalue weighted by Gasteiger charge is -2.30. The van der Waals surface area contributed by atoms with E-state index in [1.807, 2.05) is 25.1 Å². The summed E-state index contributed by atoms with van der Waals surface area (Å²) in [6.45, 7) is 7.02. The van der Waals surface area contributed by atoms with Crippen LogP contribution in [0.15, 0.2) is 47.0 Å². The first-order chi connectivity index (χ1) is 17.6. The molecule has 0 saturated carbocycles. The van der Waals surface area contributed by atoms with Gasteiger partial charge in [-0.25, -0.2) is 4.98 Å². The standard InChI is InChI=1S/C27H29N5O3S/c1-18-15-19(7-8-28-18)23-5-6-24(35-23)26(33)29-20-17-25-21(16-22(20)31-9-3-2-4-10-31)30-27(36-25)32-11-13-34-14-12-32/h5-8,15-17H,2-4,9-14H2,1H3,(H,29,33). The summed E-state index contributed by atoms with van der Waals surface area (Å²) in [5.74, 6) is 0.667. The first-order valence-electron chi connectivity index (χ1n) is 12.5. The molecule has 0 radical (unpaired) electrons. The first kappa shape index (κ1) is 23.0.